The van der Waals surface area contributed by atoms with E-state index < -0.39 is 0 Å². The number of aliphatic imine (C=N–C) groups is 1. The highest BCUT2D eigenvalue weighted by atomic mass is 32.1. The van der Waals surface area contributed by atoms with Gasteiger partial charge < -0.3 is 15.4 Å². The van der Waals surface area contributed by atoms with E-state index in [-0.39, 0.29) is 0 Å². The van der Waals surface area contributed by atoms with Crippen molar-refractivity contribution in [3.63, 3.8) is 0 Å². The molecule has 7 heteroatoms. The van der Waals surface area contributed by atoms with Gasteiger partial charge in [0.2, 0.25) is 0 Å². The zero-order chi connectivity index (χ0) is 18.9. The fraction of sp³-hybridized carbons (Fsp3) is 0.500. The molecule has 0 amide bonds. The van der Waals surface area contributed by atoms with Gasteiger partial charge >= 0.3 is 0 Å². The van der Waals surface area contributed by atoms with Crippen LogP contribution in [-0.2, 0) is 11.3 Å². The summed E-state index contributed by atoms with van der Waals surface area (Å²) in [4.78, 5) is 11.9. The monoisotopic (exact) mass is 387 g/mol. The fourth-order valence-electron chi connectivity index (χ4n) is 3.01. The van der Waals surface area contributed by atoms with Gasteiger partial charge in [-0.15, -0.1) is 11.3 Å². The van der Waals surface area contributed by atoms with Gasteiger partial charge in [0.1, 0.15) is 5.01 Å². The van der Waals surface area contributed by atoms with Gasteiger partial charge in [0.15, 0.2) is 5.96 Å². The standard InChI is InChI=1S/C20H29N5OS/c1-3-21-20(22-13-16(2)25-9-11-26-12-10-25)23-14-19-24-18(15-27-19)17-7-5-4-6-8-17/h4-8,15-16H,3,9-14H2,1-2H3,(H2,21,22,23). The molecule has 2 aromatic rings. The lowest BCUT2D eigenvalue weighted by molar-refractivity contribution is 0.0211. The zero-order valence-electron chi connectivity index (χ0n) is 16.1. The number of rotatable bonds is 7. The Morgan fingerprint density at radius 2 is 2.04 bits per heavy atom. The Morgan fingerprint density at radius 1 is 1.26 bits per heavy atom. The number of ether oxygens (including phenoxy) is 1. The molecule has 146 valence electrons. The Bertz CT molecular complexity index is 712. The number of hydrogen-bond acceptors (Lipinski definition) is 5. The number of nitrogens with zero attached hydrogens (tertiary/aromatic N) is 3. The summed E-state index contributed by atoms with van der Waals surface area (Å²) in [5.41, 5.74) is 2.16. The summed E-state index contributed by atoms with van der Waals surface area (Å²) in [6.07, 6.45) is 0. The molecule has 6 nitrogen and oxygen atoms in total. The van der Waals surface area contributed by atoms with E-state index in [4.69, 9.17) is 14.7 Å². The quantitative estimate of drug-likeness (QED) is 0.565. The van der Waals surface area contributed by atoms with Crippen molar-refractivity contribution < 1.29 is 4.74 Å². The van der Waals surface area contributed by atoms with Crippen molar-refractivity contribution in [1.29, 1.82) is 0 Å². The van der Waals surface area contributed by atoms with Crippen LogP contribution in [0.2, 0.25) is 0 Å². The molecule has 1 saturated heterocycles. The van der Waals surface area contributed by atoms with Gasteiger partial charge in [-0.1, -0.05) is 30.3 Å². The van der Waals surface area contributed by atoms with Crippen LogP contribution in [0, 0.1) is 0 Å². The van der Waals surface area contributed by atoms with E-state index in [2.05, 4.69) is 46.9 Å². The van der Waals surface area contributed by atoms with Gasteiger partial charge in [0, 0.05) is 43.2 Å². The smallest absolute Gasteiger partial charge is 0.191 e. The predicted octanol–water partition coefficient (Wildman–Crippen LogP) is 2.59. The molecular formula is C20H29N5OS. The first-order valence-electron chi connectivity index (χ1n) is 9.60. The van der Waals surface area contributed by atoms with Crippen LogP contribution in [0.3, 0.4) is 0 Å². The molecule has 3 rings (SSSR count). The van der Waals surface area contributed by atoms with E-state index in [0.29, 0.717) is 12.6 Å². The van der Waals surface area contributed by atoms with Crippen molar-refractivity contribution in [1.82, 2.24) is 20.5 Å². The maximum atomic E-state index is 5.43. The summed E-state index contributed by atoms with van der Waals surface area (Å²) in [6, 6.07) is 10.7. The molecule has 1 aliphatic heterocycles. The van der Waals surface area contributed by atoms with E-state index in [1.807, 2.05) is 18.2 Å². The second-order valence-corrected chi connectivity index (χ2v) is 7.51. The van der Waals surface area contributed by atoms with Gasteiger partial charge in [-0.05, 0) is 13.8 Å². The highest BCUT2D eigenvalue weighted by molar-refractivity contribution is 7.09. The van der Waals surface area contributed by atoms with Crippen LogP contribution in [0.4, 0.5) is 0 Å². The minimum atomic E-state index is 0.447. The van der Waals surface area contributed by atoms with Crippen LogP contribution in [0.15, 0.2) is 40.7 Å². The molecule has 0 spiro atoms. The summed E-state index contributed by atoms with van der Waals surface area (Å²) < 4.78 is 5.43. The molecule has 1 fully saturated rings. The van der Waals surface area contributed by atoms with Crippen LogP contribution in [-0.4, -0.2) is 61.3 Å². The van der Waals surface area contributed by atoms with Crippen LogP contribution in [0.25, 0.3) is 11.3 Å². The molecule has 2 N–H and O–H groups in total. The van der Waals surface area contributed by atoms with Gasteiger partial charge in [-0.3, -0.25) is 4.90 Å². The number of aromatic nitrogens is 1. The Kier molecular flexibility index (Phi) is 7.62. The molecule has 1 aliphatic rings. The molecule has 0 aliphatic carbocycles. The second kappa shape index (κ2) is 10.4. The normalized spacial score (nSPS) is 16.9. The number of hydrogen-bond donors (Lipinski definition) is 2. The van der Waals surface area contributed by atoms with E-state index >= 15 is 0 Å². The first-order chi connectivity index (χ1) is 13.3. The highest BCUT2D eigenvalue weighted by Gasteiger charge is 2.17. The Labute approximate surface area is 165 Å². The maximum absolute atomic E-state index is 5.43. The molecule has 0 radical (unpaired) electrons. The van der Waals surface area contributed by atoms with Crippen molar-refractivity contribution in [2.45, 2.75) is 26.4 Å². The zero-order valence-corrected chi connectivity index (χ0v) is 17.0. The van der Waals surface area contributed by atoms with Gasteiger partial charge in [-0.25, -0.2) is 9.98 Å². The molecule has 0 saturated carbocycles. The third-order valence-electron chi connectivity index (χ3n) is 4.57. The highest BCUT2D eigenvalue weighted by Crippen LogP contribution is 2.21. The van der Waals surface area contributed by atoms with E-state index in [1.165, 1.54) is 0 Å². The SMILES string of the molecule is CCNC(=NCc1nc(-c2ccccc2)cs1)NCC(C)N1CCOCC1. The minimum Gasteiger partial charge on any atom is -0.379 e. The summed E-state index contributed by atoms with van der Waals surface area (Å²) in [6.45, 7) is 10.3. The topological polar surface area (TPSA) is 61.8 Å². The molecule has 1 aromatic carbocycles. The summed E-state index contributed by atoms with van der Waals surface area (Å²) >= 11 is 1.66. The number of thiazole rings is 1. The Balaban J connectivity index is 1.54. The molecule has 1 aromatic heterocycles. The molecule has 0 bridgehead atoms. The van der Waals surface area contributed by atoms with Gasteiger partial charge in [0.05, 0.1) is 25.5 Å². The van der Waals surface area contributed by atoms with Crippen molar-refractivity contribution in [3.8, 4) is 11.3 Å². The lowest BCUT2D eigenvalue weighted by atomic mass is 10.2. The second-order valence-electron chi connectivity index (χ2n) is 6.57. The lowest BCUT2D eigenvalue weighted by Crippen LogP contribution is -2.49. The van der Waals surface area contributed by atoms with E-state index in [0.717, 1.165) is 61.6 Å². The average Bonchev–Trinajstić information content (AvgIpc) is 3.20. The Morgan fingerprint density at radius 3 is 2.78 bits per heavy atom. The van der Waals surface area contributed by atoms with Gasteiger partial charge in [-0.2, -0.15) is 0 Å². The summed E-state index contributed by atoms with van der Waals surface area (Å²) in [5, 5.41) is 9.90. The average molecular weight is 388 g/mol. The largest absolute Gasteiger partial charge is 0.379 e. The number of guanidine groups is 1. The lowest BCUT2D eigenvalue weighted by Gasteiger charge is -2.32. The van der Waals surface area contributed by atoms with Crippen LogP contribution in [0.5, 0.6) is 0 Å². The molecule has 2 heterocycles. The third kappa shape index (κ3) is 6.02. The van der Waals surface area contributed by atoms with Crippen LogP contribution < -0.4 is 10.6 Å². The van der Waals surface area contributed by atoms with Gasteiger partial charge in [0.25, 0.3) is 0 Å². The fourth-order valence-corrected chi connectivity index (χ4v) is 3.73. The van der Waals surface area contributed by atoms with Crippen molar-refractivity contribution in [2.75, 3.05) is 39.4 Å². The van der Waals surface area contributed by atoms with Crippen LogP contribution >= 0.6 is 11.3 Å². The first kappa shape index (κ1) is 19.8. The van der Waals surface area contributed by atoms with Crippen molar-refractivity contribution >= 4 is 17.3 Å². The molecule has 1 atom stereocenters. The summed E-state index contributed by atoms with van der Waals surface area (Å²) in [7, 11) is 0. The number of benzene rings is 1. The van der Waals surface area contributed by atoms with Crippen LogP contribution in [0.1, 0.15) is 18.9 Å². The Hall–Kier alpha value is -1.96. The number of nitrogens with one attached hydrogen (secondary N) is 2. The summed E-state index contributed by atoms with van der Waals surface area (Å²) in [5.74, 6) is 0.842. The van der Waals surface area contributed by atoms with Crippen molar-refractivity contribution in [3.05, 3.63) is 40.7 Å². The molecule has 1 unspecified atom stereocenters. The van der Waals surface area contributed by atoms with E-state index in [9.17, 15) is 0 Å². The minimum absolute atomic E-state index is 0.447. The molecular weight excluding hydrogens is 358 g/mol. The first-order valence-corrected chi connectivity index (χ1v) is 10.5. The number of morpholine rings is 1. The maximum Gasteiger partial charge on any atom is 0.191 e. The predicted molar refractivity (Wildman–Crippen MR) is 112 cm³/mol. The molecule has 27 heavy (non-hydrogen) atoms. The third-order valence-corrected chi connectivity index (χ3v) is 5.41. The van der Waals surface area contributed by atoms with Crippen molar-refractivity contribution in [2.24, 2.45) is 4.99 Å². The van der Waals surface area contributed by atoms with E-state index in [1.54, 1.807) is 11.3 Å².